The Labute approximate surface area is 127 Å². The maximum Gasteiger partial charge on any atom is 0.0914 e. The summed E-state index contributed by atoms with van der Waals surface area (Å²) in [6.45, 7) is 5.83. The fourth-order valence-corrected chi connectivity index (χ4v) is 2.34. The van der Waals surface area contributed by atoms with Gasteiger partial charge in [-0.2, -0.15) is 0 Å². The highest BCUT2D eigenvalue weighted by atomic mass is 16.3. The van der Waals surface area contributed by atoms with Gasteiger partial charge in [-0.3, -0.25) is 0 Å². The summed E-state index contributed by atoms with van der Waals surface area (Å²) in [5.74, 6) is 0.528. The lowest BCUT2D eigenvalue weighted by atomic mass is 10.00. The molecule has 0 amide bonds. The Kier molecular flexibility index (Phi) is 5.97. The number of aliphatic hydroxyl groups excluding tert-OH is 1. The molecule has 2 aromatic rings. The Balaban J connectivity index is 1.75. The minimum atomic E-state index is -0.443. The second kappa shape index (κ2) is 7.96. The van der Waals surface area contributed by atoms with Crippen LogP contribution in [0.3, 0.4) is 0 Å². The van der Waals surface area contributed by atoms with Crippen molar-refractivity contribution in [2.75, 3.05) is 13.1 Å². The SMILES string of the molecule is CC(C)c1ccc(C(O)CNCCc2ccccc2)cc1. The average Bonchev–Trinajstić information content (AvgIpc) is 2.52. The van der Waals surface area contributed by atoms with E-state index < -0.39 is 6.10 Å². The Morgan fingerprint density at radius 3 is 2.14 bits per heavy atom. The lowest BCUT2D eigenvalue weighted by Gasteiger charge is -2.13. The zero-order chi connectivity index (χ0) is 15.1. The Hall–Kier alpha value is -1.64. The average molecular weight is 283 g/mol. The summed E-state index contributed by atoms with van der Waals surface area (Å²) in [5, 5.41) is 13.5. The molecule has 0 aliphatic heterocycles. The van der Waals surface area contributed by atoms with Gasteiger partial charge in [0.25, 0.3) is 0 Å². The van der Waals surface area contributed by atoms with Crippen LogP contribution in [-0.2, 0) is 6.42 Å². The van der Waals surface area contributed by atoms with Gasteiger partial charge >= 0.3 is 0 Å². The molecule has 2 nitrogen and oxygen atoms in total. The molecule has 2 heteroatoms. The molecule has 21 heavy (non-hydrogen) atoms. The van der Waals surface area contributed by atoms with Gasteiger partial charge in [0, 0.05) is 6.54 Å². The van der Waals surface area contributed by atoms with E-state index in [1.165, 1.54) is 11.1 Å². The van der Waals surface area contributed by atoms with Gasteiger partial charge in [0.2, 0.25) is 0 Å². The van der Waals surface area contributed by atoms with Crippen molar-refractivity contribution in [3.8, 4) is 0 Å². The second-order valence-corrected chi connectivity index (χ2v) is 5.78. The maximum absolute atomic E-state index is 10.2. The molecule has 0 spiro atoms. The molecule has 0 saturated heterocycles. The highest BCUT2D eigenvalue weighted by molar-refractivity contribution is 5.26. The minimum Gasteiger partial charge on any atom is -0.387 e. The Bertz CT molecular complexity index is 519. The van der Waals surface area contributed by atoms with Crippen LogP contribution in [0, 0.1) is 0 Å². The van der Waals surface area contributed by atoms with Gasteiger partial charge in [0.15, 0.2) is 0 Å². The van der Waals surface area contributed by atoms with Gasteiger partial charge in [-0.25, -0.2) is 0 Å². The van der Waals surface area contributed by atoms with Gasteiger partial charge in [-0.1, -0.05) is 68.4 Å². The highest BCUT2D eigenvalue weighted by Crippen LogP contribution is 2.18. The third-order valence-corrected chi connectivity index (χ3v) is 3.76. The van der Waals surface area contributed by atoms with Crippen molar-refractivity contribution in [2.45, 2.75) is 32.3 Å². The van der Waals surface area contributed by atoms with Gasteiger partial charge in [-0.15, -0.1) is 0 Å². The molecule has 0 fully saturated rings. The second-order valence-electron chi connectivity index (χ2n) is 5.78. The Morgan fingerprint density at radius 2 is 1.52 bits per heavy atom. The van der Waals surface area contributed by atoms with Gasteiger partial charge in [0.1, 0.15) is 0 Å². The van der Waals surface area contributed by atoms with Crippen LogP contribution >= 0.6 is 0 Å². The van der Waals surface area contributed by atoms with E-state index in [1.807, 2.05) is 18.2 Å². The van der Waals surface area contributed by atoms with Gasteiger partial charge < -0.3 is 10.4 Å². The minimum absolute atomic E-state index is 0.443. The van der Waals surface area contributed by atoms with E-state index in [9.17, 15) is 5.11 Å². The van der Waals surface area contributed by atoms with E-state index >= 15 is 0 Å². The van der Waals surface area contributed by atoms with Crippen LogP contribution in [0.1, 0.15) is 42.6 Å². The highest BCUT2D eigenvalue weighted by Gasteiger charge is 2.07. The fourth-order valence-electron chi connectivity index (χ4n) is 2.34. The lowest BCUT2D eigenvalue weighted by molar-refractivity contribution is 0.175. The molecular weight excluding hydrogens is 258 g/mol. The normalized spacial score (nSPS) is 12.6. The standard InChI is InChI=1S/C19H25NO/c1-15(2)17-8-10-18(11-9-17)19(21)14-20-13-12-16-6-4-3-5-7-16/h3-11,15,19-21H,12-14H2,1-2H3. The van der Waals surface area contributed by atoms with Crippen molar-refractivity contribution in [3.63, 3.8) is 0 Å². The van der Waals surface area contributed by atoms with E-state index in [4.69, 9.17) is 0 Å². The first-order valence-electron chi connectivity index (χ1n) is 7.69. The predicted molar refractivity (Wildman–Crippen MR) is 88.5 cm³/mol. The number of rotatable bonds is 7. The first kappa shape index (κ1) is 15.7. The predicted octanol–water partition coefficient (Wildman–Crippen LogP) is 3.68. The van der Waals surface area contributed by atoms with E-state index in [0.717, 1.165) is 18.5 Å². The smallest absolute Gasteiger partial charge is 0.0914 e. The molecule has 2 rings (SSSR count). The molecule has 1 unspecified atom stereocenters. The van der Waals surface area contributed by atoms with E-state index in [1.54, 1.807) is 0 Å². The third-order valence-electron chi connectivity index (χ3n) is 3.76. The Morgan fingerprint density at radius 1 is 0.905 bits per heavy atom. The molecule has 2 aromatic carbocycles. The van der Waals surface area contributed by atoms with Crippen LogP contribution in [0.4, 0.5) is 0 Å². The van der Waals surface area contributed by atoms with Crippen molar-refractivity contribution in [2.24, 2.45) is 0 Å². The topological polar surface area (TPSA) is 32.3 Å². The van der Waals surface area contributed by atoms with Crippen LogP contribution in [-0.4, -0.2) is 18.2 Å². The molecule has 0 bridgehead atoms. The quantitative estimate of drug-likeness (QED) is 0.760. The van der Waals surface area contributed by atoms with E-state index in [-0.39, 0.29) is 0 Å². The molecule has 0 aliphatic rings. The monoisotopic (exact) mass is 283 g/mol. The summed E-state index contributed by atoms with van der Waals surface area (Å²) < 4.78 is 0. The first-order chi connectivity index (χ1) is 10.2. The molecule has 0 saturated carbocycles. The van der Waals surface area contributed by atoms with E-state index in [2.05, 4.69) is 55.6 Å². The molecular formula is C19H25NO. The van der Waals surface area contributed by atoms with Crippen molar-refractivity contribution >= 4 is 0 Å². The van der Waals surface area contributed by atoms with Crippen LogP contribution in [0.15, 0.2) is 54.6 Å². The summed E-state index contributed by atoms with van der Waals surface area (Å²) in [5.41, 5.74) is 3.61. The number of hydrogen-bond acceptors (Lipinski definition) is 2. The molecule has 1 atom stereocenters. The van der Waals surface area contributed by atoms with E-state index in [0.29, 0.717) is 12.5 Å². The van der Waals surface area contributed by atoms with Crippen LogP contribution in [0.25, 0.3) is 0 Å². The molecule has 0 aromatic heterocycles. The van der Waals surface area contributed by atoms with Crippen molar-refractivity contribution in [1.82, 2.24) is 5.32 Å². The largest absolute Gasteiger partial charge is 0.387 e. The summed E-state index contributed by atoms with van der Waals surface area (Å²) >= 11 is 0. The molecule has 0 aliphatic carbocycles. The van der Waals surface area contributed by atoms with Gasteiger partial charge in [-0.05, 0) is 35.6 Å². The number of aliphatic hydroxyl groups is 1. The van der Waals surface area contributed by atoms with Gasteiger partial charge in [0.05, 0.1) is 6.10 Å². The summed E-state index contributed by atoms with van der Waals surface area (Å²) in [6, 6.07) is 18.7. The van der Waals surface area contributed by atoms with Crippen molar-refractivity contribution in [3.05, 3.63) is 71.3 Å². The van der Waals surface area contributed by atoms with Crippen molar-refractivity contribution < 1.29 is 5.11 Å². The molecule has 0 heterocycles. The van der Waals surface area contributed by atoms with Crippen LogP contribution in [0.5, 0.6) is 0 Å². The number of hydrogen-bond donors (Lipinski definition) is 2. The molecule has 0 radical (unpaired) electrons. The molecule has 2 N–H and O–H groups in total. The summed E-state index contributed by atoms with van der Waals surface area (Å²) in [7, 11) is 0. The fraction of sp³-hybridized carbons (Fsp3) is 0.368. The molecule has 112 valence electrons. The zero-order valence-corrected chi connectivity index (χ0v) is 12.9. The third kappa shape index (κ3) is 5.00. The summed E-state index contributed by atoms with van der Waals surface area (Å²) in [6.07, 6.45) is 0.543. The maximum atomic E-state index is 10.2. The zero-order valence-electron chi connectivity index (χ0n) is 12.9. The number of benzene rings is 2. The first-order valence-corrected chi connectivity index (χ1v) is 7.69. The van der Waals surface area contributed by atoms with Crippen molar-refractivity contribution in [1.29, 1.82) is 0 Å². The van der Waals surface area contributed by atoms with Crippen LogP contribution in [0.2, 0.25) is 0 Å². The van der Waals surface area contributed by atoms with Crippen LogP contribution < -0.4 is 5.32 Å². The lowest BCUT2D eigenvalue weighted by Crippen LogP contribution is -2.23. The summed E-state index contributed by atoms with van der Waals surface area (Å²) in [4.78, 5) is 0. The number of nitrogens with one attached hydrogen (secondary N) is 1.